The van der Waals surface area contributed by atoms with Gasteiger partial charge in [0.15, 0.2) is 0 Å². The van der Waals surface area contributed by atoms with E-state index >= 15 is 0 Å². The Kier molecular flexibility index (Phi) is 4.59. The summed E-state index contributed by atoms with van der Waals surface area (Å²) in [6, 6.07) is 8.05. The molecule has 0 amide bonds. The largest absolute Gasteiger partial charge is 0.494 e. The zero-order valence-electron chi connectivity index (χ0n) is 11.2. The minimum Gasteiger partial charge on any atom is -0.494 e. The van der Waals surface area contributed by atoms with Crippen LogP contribution in [0.5, 0.6) is 5.75 Å². The third-order valence-corrected chi connectivity index (χ3v) is 3.15. The van der Waals surface area contributed by atoms with Crippen LogP contribution in [0.2, 0.25) is 0 Å². The zero-order chi connectivity index (χ0) is 12.8. The Hall–Kier alpha value is -1.55. The van der Waals surface area contributed by atoms with Gasteiger partial charge in [-0.25, -0.2) is 0 Å². The van der Waals surface area contributed by atoms with Gasteiger partial charge in [0.05, 0.1) is 46.0 Å². The molecule has 0 radical (unpaired) electrons. The van der Waals surface area contributed by atoms with Gasteiger partial charge >= 0.3 is 0 Å². The Bertz CT molecular complexity index is 381. The SMILES string of the molecule is CCOc1ccc(/C=N\N2CC[NH+](C)CC2)cc1. The van der Waals surface area contributed by atoms with Crippen molar-refractivity contribution in [3.8, 4) is 5.75 Å². The fourth-order valence-electron chi connectivity index (χ4n) is 1.96. The highest BCUT2D eigenvalue weighted by Crippen LogP contribution is 2.10. The number of nitrogens with one attached hydrogen (secondary N) is 1. The summed E-state index contributed by atoms with van der Waals surface area (Å²) in [5, 5.41) is 6.66. The Balaban J connectivity index is 1.88. The highest BCUT2D eigenvalue weighted by Gasteiger charge is 2.13. The molecule has 1 aromatic rings. The second kappa shape index (κ2) is 6.40. The molecule has 4 nitrogen and oxygen atoms in total. The molecule has 0 atom stereocenters. The number of benzene rings is 1. The molecule has 0 aromatic heterocycles. The van der Waals surface area contributed by atoms with E-state index in [1.54, 1.807) is 4.90 Å². The molecule has 1 N–H and O–H groups in total. The lowest BCUT2D eigenvalue weighted by Gasteiger charge is -2.27. The van der Waals surface area contributed by atoms with Crippen LogP contribution in [0.25, 0.3) is 0 Å². The summed E-state index contributed by atoms with van der Waals surface area (Å²) in [5.41, 5.74) is 1.12. The summed E-state index contributed by atoms with van der Waals surface area (Å²) >= 11 is 0. The maximum absolute atomic E-state index is 5.41. The van der Waals surface area contributed by atoms with Gasteiger partial charge in [0.2, 0.25) is 0 Å². The van der Waals surface area contributed by atoms with Gasteiger partial charge in [-0.1, -0.05) is 0 Å². The molecule has 1 aliphatic heterocycles. The van der Waals surface area contributed by atoms with Crippen molar-refractivity contribution in [2.75, 3.05) is 39.8 Å². The third kappa shape index (κ3) is 3.74. The van der Waals surface area contributed by atoms with Crippen LogP contribution in [-0.2, 0) is 0 Å². The van der Waals surface area contributed by atoms with Crippen LogP contribution in [0.4, 0.5) is 0 Å². The van der Waals surface area contributed by atoms with Crippen LogP contribution < -0.4 is 9.64 Å². The minimum absolute atomic E-state index is 0.705. The van der Waals surface area contributed by atoms with Crippen molar-refractivity contribution in [1.82, 2.24) is 5.01 Å². The van der Waals surface area contributed by atoms with Crippen LogP contribution in [-0.4, -0.2) is 51.1 Å². The monoisotopic (exact) mass is 248 g/mol. The lowest BCUT2D eigenvalue weighted by molar-refractivity contribution is -0.884. The van der Waals surface area contributed by atoms with Crippen LogP contribution in [0.3, 0.4) is 0 Å². The van der Waals surface area contributed by atoms with Crippen LogP contribution in [0.15, 0.2) is 29.4 Å². The van der Waals surface area contributed by atoms with Gasteiger partial charge in [0.1, 0.15) is 5.75 Å². The van der Waals surface area contributed by atoms with Crippen molar-refractivity contribution in [1.29, 1.82) is 0 Å². The van der Waals surface area contributed by atoms with Crippen LogP contribution in [0, 0.1) is 0 Å². The molecule has 2 rings (SSSR count). The van der Waals surface area contributed by atoms with E-state index in [9.17, 15) is 0 Å². The predicted octanol–water partition coefficient (Wildman–Crippen LogP) is 0.250. The average molecular weight is 248 g/mol. The van der Waals surface area contributed by atoms with Crippen molar-refractivity contribution < 1.29 is 9.64 Å². The number of rotatable bonds is 4. The molecule has 1 aromatic carbocycles. The van der Waals surface area contributed by atoms with Crippen molar-refractivity contribution in [2.24, 2.45) is 5.10 Å². The normalized spacial score (nSPS) is 17.3. The quantitative estimate of drug-likeness (QED) is 0.774. The Morgan fingerprint density at radius 3 is 2.56 bits per heavy atom. The van der Waals surface area contributed by atoms with E-state index in [0.717, 1.165) is 24.4 Å². The lowest BCUT2D eigenvalue weighted by atomic mass is 10.2. The van der Waals surface area contributed by atoms with Crippen molar-refractivity contribution in [3.05, 3.63) is 29.8 Å². The van der Waals surface area contributed by atoms with Gasteiger partial charge in [0.25, 0.3) is 0 Å². The number of nitrogens with zero attached hydrogens (tertiary/aromatic N) is 2. The van der Waals surface area contributed by atoms with Crippen LogP contribution in [0.1, 0.15) is 12.5 Å². The smallest absolute Gasteiger partial charge is 0.119 e. The van der Waals surface area contributed by atoms with Crippen LogP contribution >= 0.6 is 0 Å². The molecular weight excluding hydrogens is 226 g/mol. The van der Waals surface area contributed by atoms with E-state index < -0.39 is 0 Å². The molecule has 4 heteroatoms. The van der Waals surface area contributed by atoms with E-state index in [1.807, 2.05) is 37.4 Å². The number of quaternary nitrogens is 1. The Morgan fingerprint density at radius 2 is 1.94 bits per heavy atom. The summed E-state index contributed by atoms with van der Waals surface area (Å²) in [7, 11) is 2.23. The average Bonchev–Trinajstić information content (AvgIpc) is 2.40. The van der Waals surface area contributed by atoms with Crippen molar-refractivity contribution >= 4 is 6.21 Å². The van der Waals surface area contributed by atoms with Gasteiger partial charge < -0.3 is 9.64 Å². The van der Waals surface area contributed by atoms with Gasteiger partial charge in [-0.2, -0.15) is 5.10 Å². The molecule has 1 saturated heterocycles. The van der Waals surface area contributed by atoms with Crippen molar-refractivity contribution in [2.45, 2.75) is 6.92 Å². The fraction of sp³-hybridized carbons (Fsp3) is 0.500. The van der Waals surface area contributed by atoms with Gasteiger partial charge in [0, 0.05) is 0 Å². The maximum Gasteiger partial charge on any atom is 0.119 e. The van der Waals surface area contributed by atoms with E-state index in [0.29, 0.717) is 6.61 Å². The Labute approximate surface area is 109 Å². The lowest BCUT2D eigenvalue weighted by Crippen LogP contribution is -3.11. The summed E-state index contributed by atoms with van der Waals surface area (Å²) in [5.74, 6) is 0.915. The van der Waals surface area contributed by atoms with Gasteiger partial charge in [-0.3, -0.25) is 5.01 Å². The summed E-state index contributed by atoms with van der Waals surface area (Å²) in [4.78, 5) is 1.59. The molecule has 18 heavy (non-hydrogen) atoms. The second-order valence-electron chi connectivity index (χ2n) is 4.66. The number of hydrogen-bond donors (Lipinski definition) is 1. The first-order valence-electron chi connectivity index (χ1n) is 6.61. The first kappa shape index (κ1) is 12.9. The van der Waals surface area contributed by atoms with E-state index in [4.69, 9.17) is 4.74 Å². The van der Waals surface area contributed by atoms with Gasteiger partial charge in [-0.05, 0) is 36.8 Å². The third-order valence-electron chi connectivity index (χ3n) is 3.15. The minimum atomic E-state index is 0.705. The molecule has 98 valence electrons. The number of hydrogen-bond acceptors (Lipinski definition) is 3. The standard InChI is InChI=1S/C14H21N3O/c1-3-18-14-6-4-13(5-7-14)12-15-17-10-8-16(2)9-11-17/h4-7,12H,3,8-11H2,1-2H3/p+1/b15-12-. The molecule has 0 spiro atoms. The highest BCUT2D eigenvalue weighted by molar-refractivity contribution is 5.79. The van der Waals surface area contributed by atoms with Crippen molar-refractivity contribution in [3.63, 3.8) is 0 Å². The predicted molar refractivity (Wildman–Crippen MR) is 73.4 cm³/mol. The number of piperazine rings is 1. The Morgan fingerprint density at radius 1 is 1.28 bits per heavy atom. The molecule has 1 fully saturated rings. The first-order chi connectivity index (χ1) is 8.78. The highest BCUT2D eigenvalue weighted by atomic mass is 16.5. The molecule has 1 aliphatic rings. The number of likely N-dealkylation sites (N-methyl/N-ethyl adjacent to an activating group) is 1. The molecule has 0 bridgehead atoms. The van der Waals surface area contributed by atoms with E-state index in [2.05, 4.69) is 17.2 Å². The molecular formula is C14H22N3O+. The molecule has 0 aliphatic carbocycles. The molecule has 1 heterocycles. The first-order valence-corrected chi connectivity index (χ1v) is 6.61. The van der Waals surface area contributed by atoms with E-state index in [-0.39, 0.29) is 0 Å². The zero-order valence-corrected chi connectivity index (χ0v) is 11.2. The maximum atomic E-state index is 5.41. The number of hydrazone groups is 1. The number of ether oxygens (including phenoxy) is 1. The molecule has 0 saturated carbocycles. The summed E-state index contributed by atoms with van der Waals surface area (Å²) in [6.07, 6.45) is 1.93. The summed E-state index contributed by atoms with van der Waals surface area (Å²) in [6.45, 7) is 7.11. The molecule has 0 unspecified atom stereocenters. The van der Waals surface area contributed by atoms with E-state index in [1.165, 1.54) is 13.1 Å². The topological polar surface area (TPSA) is 29.3 Å². The second-order valence-corrected chi connectivity index (χ2v) is 4.66. The summed E-state index contributed by atoms with van der Waals surface area (Å²) < 4.78 is 5.41. The van der Waals surface area contributed by atoms with Gasteiger partial charge in [-0.15, -0.1) is 0 Å². The fourth-order valence-corrected chi connectivity index (χ4v) is 1.96.